The van der Waals surface area contributed by atoms with E-state index in [1.54, 1.807) is 0 Å². The van der Waals surface area contributed by atoms with E-state index in [9.17, 15) is 8.78 Å². The number of benzene rings is 1. The third-order valence-electron chi connectivity index (χ3n) is 2.75. The van der Waals surface area contributed by atoms with Crippen LogP contribution in [0.4, 0.5) is 8.78 Å². The number of rotatable bonds is 3. The highest BCUT2D eigenvalue weighted by atomic mass is 35.5. The highest BCUT2D eigenvalue weighted by Gasteiger charge is 2.18. The van der Waals surface area contributed by atoms with Gasteiger partial charge in [-0.15, -0.1) is 0 Å². The highest BCUT2D eigenvalue weighted by molar-refractivity contribution is 6.30. The van der Waals surface area contributed by atoms with E-state index in [-0.39, 0.29) is 22.6 Å². The van der Waals surface area contributed by atoms with Crippen molar-refractivity contribution in [2.45, 2.75) is 6.43 Å². The van der Waals surface area contributed by atoms with E-state index >= 15 is 0 Å². The Balaban J connectivity index is 2.73. The van der Waals surface area contributed by atoms with Gasteiger partial charge in [0.2, 0.25) is 5.88 Å². The minimum absolute atomic E-state index is 0.186. The highest BCUT2D eigenvalue weighted by Crippen LogP contribution is 2.35. The zero-order valence-corrected chi connectivity index (χ0v) is 11.2. The number of nitrogens with zero attached hydrogens (tertiary/aromatic N) is 2. The van der Waals surface area contributed by atoms with Gasteiger partial charge in [-0.3, -0.25) is 0 Å². The van der Waals surface area contributed by atoms with E-state index in [1.165, 1.54) is 31.4 Å². The molecular weight excluding hydrogens is 286 g/mol. The zero-order chi connectivity index (χ0) is 14.7. The smallest absolute Gasteiger partial charge is 0.265 e. The molecule has 0 atom stereocenters. The Morgan fingerprint density at radius 2 is 2.05 bits per heavy atom. The molecule has 0 aliphatic rings. The van der Waals surface area contributed by atoms with Gasteiger partial charge in [0.25, 0.3) is 6.43 Å². The van der Waals surface area contributed by atoms with E-state index in [4.69, 9.17) is 21.6 Å². The van der Waals surface area contributed by atoms with Crippen molar-refractivity contribution in [2.75, 3.05) is 7.11 Å². The van der Waals surface area contributed by atoms with Gasteiger partial charge >= 0.3 is 0 Å². The average Bonchev–Trinajstić information content (AvgIpc) is 2.46. The van der Waals surface area contributed by atoms with Crippen molar-refractivity contribution in [3.63, 3.8) is 0 Å². The molecule has 0 bridgehead atoms. The molecule has 0 N–H and O–H groups in total. The first-order valence-electron chi connectivity index (χ1n) is 5.59. The summed E-state index contributed by atoms with van der Waals surface area (Å²) in [6.07, 6.45) is -1.67. The fourth-order valence-corrected chi connectivity index (χ4v) is 1.97. The Morgan fingerprint density at radius 1 is 1.30 bits per heavy atom. The number of ether oxygens (including phenoxy) is 1. The van der Waals surface area contributed by atoms with Crippen LogP contribution in [-0.2, 0) is 0 Å². The van der Waals surface area contributed by atoms with Gasteiger partial charge in [-0.05, 0) is 23.8 Å². The second kappa shape index (κ2) is 5.85. The molecule has 0 fully saturated rings. The van der Waals surface area contributed by atoms with Gasteiger partial charge in [0.05, 0.1) is 18.7 Å². The number of pyridine rings is 1. The Labute approximate surface area is 119 Å². The molecule has 0 amide bonds. The molecule has 1 aromatic carbocycles. The Bertz CT molecular complexity index is 683. The van der Waals surface area contributed by atoms with Crippen LogP contribution < -0.4 is 4.74 Å². The van der Waals surface area contributed by atoms with Crippen molar-refractivity contribution >= 4 is 11.6 Å². The summed E-state index contributed by atoms with van der Waals surface area (Å²) in [4.78, 5) is 3.76. The molecule has 1 aromatic heterocycles. The maximum absolute atomic E-state index is 13.1. The molecule has 6 heteroatoms. The first-order valence-corrected chi connectivity index (χ1v) is 5.96. The van der Waals surface area contributed by atoms with Crippen molar-refractivity contribution in [2.24, 2.45) is 0 Å². The Morgan fingerprint density at radius 3 is 2.65 bits per heavy atom. The number of methoxy groups -OCH3 is 1. The molecule has 0 radical (unpaired) electrons. The van der Waals surface area contributed by atoms with Gasteiger partial charge in [-0.1, -0.05) is 11.6 Å². The van der Waals surface area contributed by atoms with E-state index in [1.807, 2.05) is 6.07 Å². The van der Waals surface area contributed by atoms with Crippen LogP contribution >= 0.6 is 11.6 Å². The van der Waals surface area contributed by atoms with Gasteiger partial charge < -0.3 is 4.74 Å². The summed E-state index contributed by atoms with van der Waals surface area (Å²) in [5.41, 5.74) is 0.496. The molecule has 2 rings (SSSR count). The molecule has 3 nitrogen and oxygen atoms in total. The average molecular weight is 295 g/mol. The SMILES string of the molecule is COc1cc(-c2cc(Cl)ccc2C#N)c(C(F)F)cn1. The molecule has 20 heavy (non-hydrogen) atoms. The fourth-order valence-electron chi connectivity index (χ4n) is 1.80. The maximum atomic E-state index is 13.1. The van der Waals surface area contributed by atoms with Crippen molar-refractivity contribution in [3.05, 3.63) is 46.6 Å². The van der Waals surface area contributed by atoms with Crippen LogP contribution in [0.25, 0.3) is 11.1 Å². The maximum Gasteiger partial charge on any atom is 0.265 e. The molecule has 102 valence electrons. The summed E-state index contributed by atoms with van der Waals surface area (Å²) >= 11 is 5.89. The topological polar surface area (TPSA) is 45.9 Å². The van der Waals surface area contributed by atoms with Crippen molar-refractivity contribution in [3.8, 4) is 23.1 Å². The third-order valence-corrected chi connectivity index (χ3v) is 2.98. The first kappa shape index (κ1) is 14.2. The second-order valence-electron chi connectivity index (χ2n) is 3.92. The van der Waals surface area contributed by atoms with E-state index in [0.29, 0.717) is 10.6 Å². The van der Waals surface area contributed by atoms with Gasteiger partial charge in [0.1, 0.15) is 0 Å². The number of nitriles is 1. The van der Waals surface area contributed by atoms with Crippen LogP contribution in [-0.4, -0.2) is 12.1 Å². The van der Waals surface area contributed by atoms with E-state index < -0.39 is 6.43 Å². The lowest BCUT2D eigenvalue weighted by Crippen LogP contribution is -1.97. The lowest BCUT2D eigenvalue weighted by Gasteiger charge is -2.12. The summed E-state index contributed by atoms with van der Waals surface area (Å²) in [6, 6.07) is 7.82. The summed E-state index contributed by atoms with van der Waals surface area (Å²) in [5.74, 6) is 0.188. The second-order valence-corrected chi connectivity index (χ2v) is 4.35. The van der Waals surface area contributed by atoms with Gasteiger partial charge in [0, 0.05) is 28.4 Å². The standard InChI is InChI=1S/C14H9ClF2N2O/c1-20-13-5-11(12(7-19-13)14(16)17)10-4-9(15)3-2-8(10)6-18/h2-5,7,14H,1H3. The number of alkyl halides is 2. The molecule has 0 saturated carbocycles. The van der Waals surface area contributed by atoms with E-state index in [0.717, 1.165) is 6.20 Å². The minimum atomic E-state index is -2.71. The van der Waals surface area contributed by atoms with Crippen LogP contribution in [0.1, 0.15) is 17.6 Å². The van der Waals surface area contributed by atoms with Crippen LogP contribution in [0.15, 0.2) is 30.5 Å². The minimum Gasteiger partial charge on any atom is -0.481 e. The lowest BCUT2D eigenvalue weighted by atomic mass is 9.97. The molecule has 0 aliphatic carbocycles. The molecule has 0 unspecified atom stereocenters. The van der Waals surface area contributed by atoms with Gasteiger partial charge in [-0.25, -0.2) is 13.8 Å². The summed E-state index contributed by atoms with van der Waals surface area (Å²) in [5, 5.41) is 9.46. The molecule has 2 aromatic rings. The number of aromatic nitrogens is 1. The number of halogens is 3. The van der Waals surface area contributed by atoms with Crippen LogP contribution in [0.2, 0.25) is 5.02 Å². The number of hydrogen-bond acceptors (Lipinski definition) is 3. The lowest BCUT2D eigenvalue weighted by molar-refractivity contribution is 0.151. The molecule has 0 aliphatic heterocycles. The zero-order valence-electron chi connectivity index (χ0n) is 10.4. The number of hydrogen-bond donors (Lipinski definition) is 0. The van der Waals surface area contributed by atoms with Gasteiger partial charge in [0.15, 0.2) is 0 Å². The summed E-state index contributed by atoms with van der Waals surface area (Å²) < 4.78 is 31.1. The van der Waals surface area contributed by atoms with Crippen molar-refractivity contribution < 1.29 is 13.5 Å². The van der Waals surface area contributed by atoms with Crippen LogP contribution in [0, 0.1) is 11.3 Å². The quantitative estimate of drug-likeness (QED) is 0.851. The van der Waals surface area contributed by atoms with Gasteiger partial charge in [-0.2, -0.15) is 5.26 Å². The molecule has 0 spiro atoms. The first-order chi connectivity index (χ1) is 9.56. The van der Waals surface area contributed by atoms with Crippen LogP contribution in [0.3, 0.4) is 0 Å². The Kier molecular flexibility index (Phi) is 4.16. The normalized spacial score (nSPS) is 10.4. The molecule has 0 saturated heterocycles. The van der Waals surface area contributed by atoms with E-state index in [2.05, 4.69) is 4.98 Å². The van der Waals surface area contributed by atoms with Crippen LogP contribution in [0.5, 0.6) is 5.88 Å². The summed E-state index contributed by atoms with van der Waals surface area (Å²) in [6.45, 7) is 0. The summed E-state index contributed by atoms with van der Waals surface area (Å²) in [7, 11) is 1.39. The monoisotopic (exact) mass is 294 g/mol. The Hall–Kier alpha value is -2.19. The largest absolute Gasteiger partial charge is 0.481 e. The van der Waals surface area contributed by atoms with Crippen molar-refractivity contribution in [1.82, 2.24) is 4.98 Å². The van der Waals surface area contributed by atoms with Crippen molar-refractivity contribution in [1.29, 1.82) is 5.26 Å². The molecular formula is C14H9ClF2N2O. The predicted octanol–water partition coefficient (Wildman–Crippen LogP) is 4.22. The third kappa shape index (κ3) is 2.70. The molecule has 1 heterocycles. The predicted molar refractivity (Wildman–Crippen MR) is 70.9 cm³/mol. The fraction of sp³-hybridized carbons (Fsp3) is 0.143.